The molecule has 0 spiro atoms. The van der Waals surface area contributed by atoms with E-state index in [0.717, 1.165) is 6.07 Å². The fraction of sp³-hybridized carbons (Fsp3) is 0.417. The van der Waals surface area contributed by atoms with Gasteiger partial charge < -0.3 is 9.47 Å². The molecule has 0 aliphatic rings. The summed E-state index contributed by atoms with van der Waals surface area (Å²) in [5, 5.41) is 0. The van der Waals surface area contributed by atoms with E-state index in [9.17, 15) is 18.0 Å². The summed E-state index contributed by atoms with van der Waals surface area (Å²) in [6, 6.07) is 3.83. The quantitative estimate of drug-likeness (QED) is 0.764. The Bertz CT molecular complexity index is 427. The van der Waals surface area contributed by atoms with E-state index in [4.69, 9.17) is 9.47 Å². The summed E-state index contributed by atoms with van der Waals surface area (Å²) in [5.41, 5.74) is -0.532. The van der Waals surface area contributed by atoms with Gasteiger partial charge in [-0.3, -0.25) is 4.79 Å². The molecule has 0 bridgehead atoms. The normalized spacial score (nSPS) is 11.2. The van der Waals surface area contributed by atoms with Crippen LogP contribution in [0.3, 0.4) is 0 Å². The molecule has 100 valence electrons. The van der Waals surface area contributed by atoms with E-state index in [1.54, 1.807) is 6.92 Å². The molecule has 1 aromatic carbocycles. The van der Waals surface area contributed by atoms with Gasteiger partial charge in [0.25, 0.3) is 5.78 Å². The molecule has 0 saturated carbocycles. The molecule has 1 rings (SSSR count). The highest BCUT2D eigenvalue weighted by atomic mass is 19.4. The number of carbonyl (C=O) groups is 1. The maximum atomic E-state index is 12.4. The largest absolute Gasteiger partial charge is 0.493 e. The first-order chi connectivity index (χ1) is 8.41. The fourth-order valence-corrected chi connectivity index (χ4v) is 1.36. The first-order valence-electron chi connectivity index (χ1n) is 5.33. The molecule has 0 amide bonds. The zero-order valence-corrected chi connectivity index (χ0v) is 10.0. The van der Waals surface area contributed by atoms with Gasteiger partial charge in [-0.05, 0) is 18.6 Å². The third-order valence-electron chi connectivity index (χ3n) is 2.15. The molecular formula is C12H13F3O3. The van der Waals surface area contributed by atoms with Crippen LogP contribution in [0.1, 0.15) is 23.7 Å². The smallest absolute Gasteiger partial charge is 0.455 e. The van der Waals surface area contributed by atoms with Gasteiger partial charge in [-0.25, -0.2) is 0 Å². The molecule has 0 radical (unpaired) electrons. The summed E-state index contributed by atoms with van der Waals surface area (Å²) in [7, 11) is 1.30. The second-order valence-electron chi connectivity index (χ2n) is 3.51. The van der Waals surface area contributed by atoms with Crippen LogP contribution < -0.4 is 9.47 Å². The molecule has 0 atom stereocenters. The third kappa shape index (κ3) is 3.15. The predicted octanol–water partition coefficient (Wildman–Crippen LogP) is 3.23. The van der Waals surface area contributed by atoms with Crippen molar-refractivity contribution >= 4 is 5.78 Å². The molecule has 0 N–H and O–H groups in total. The Kier molecular flexibility index (Phi) is 4.58. The summed E-state index contributed by atoms with van der Waals surface area (Å²) in [5.74, 6) is -1.99. The SMILES string of the molecule is CCCOc1c(OC)cccc1C(=O)C(F)(F)F. The lowest BCUT2D eigenvalue weighted by Gasteiger charge is -2.14. The van der Waals surface area contributed by atoms with E-state index in [-0.39, 0.29) is 18.1 Å². The maximum absolute atomic E-state index is 12.4. The number of benzene rings is 1. The number of hydrogen-bond acceptors (Lipinski definition) is 3. The van der Waals surface area contributed by atoms with Crippen molar-refractivity contribution in [1.29, 1.82) is 0 Å². The van der Waals surface area contributed by atoms with Crippen molar-refractivity contribution in [3.63, 3.8) is 0 Å². The van der Waals surface area contributed by atoms with Gasteiger partial charge in [0, 0.05) is 0 Å². The third-order valence-corrected chi connectivity index (χ3v) is 2.15. The standard InChI is InChI=1S/C12H13F3O3/c1-3-7-18-10-8(11(16)12(13,14)15)5-4-6-9(10)17-2/h4-6H,3,7H2,1-2H3. The van der Waals surface area contributed by atoms with Crippen LogP contribution >= 0.6 is 0 Å². The van der Waals surface area contributed by atoms with Gasteiger partial charge in [0.05, 0.1) is 19.3 Å². The van der Waals surface area contributed by atoms with E-state index >= 15 is 0 Å². The van der Waals surface area contributed by atoms with Crippen LogP contribution in [-0.4, -0.2) is 25.7 Å². The van der Waals surface area contributed by atoms with Gasteiger partial charge in [0.2, 0.25) is 0 Å². The van der Waals surface area contributed by atoms with Crippen LogP contribution in [0.15, 0.2) is 18.2 Å². The summed E-state index contributed by atoms with van der Waals surface area (Å²) in [4.78, 5) is 11.3. The van der Waals surface area contributed by atoms with Crippen LogP contribution in [0.2, 0.25) is 0 Å². The molecular weight excluding hydrogens is 249 g/mol. The van der Waals surface area contributed by atoms with Gasteiger partial charge in [-0.2, -0.15) is 13.2 Å². The van der Waals surface area contributed by atoms with Gasteiger partial charge >= 0.3 is 6.18 Å². The Hall–Kier alpha value is -1.72. The number of carbonyl (C=O) groups excluding carboxylic acids is 1. The lowest BCUT2D eigenvalue weighted by molar-refractivity contribution is -0.0886. The number of alkyl halides is 3. The molecule has 0 aliphatic heterocycles. The number of ether oxygens (including phenoxy) is 2. The van der Waals surface area contributed by atoms with Crippen LogP contribution in [0.4, 0.5) is 13.2 Å². The van der Waals surface area contributed by atoms with Crippen molar-refractivity contribution in [2.24, 2.45) is 0 Å². The van der Waals surface area contributed by atoms with Crippen molar-refractivity contribution < 1.29 is 27.4 Å². The van der Waals surface area contributed by atoms with E-state index in [2.05, 4.69) is 0 Å². The summed E-state index contributed by atoms with van der Waals surface area (Å²) in [6.45, 7) is 2.01. The second kappa shape index (κ2) is 5.75. The Balaban J connectivity index is 3.21. The van der Waals surface area contributed by atoms with Crippen LogP contribution in [-0.2, 0) is 0 Å². The van der Waals surface area contributed by atoms with Gasteiger partial charge in [0.15, 0.2) is 11.5 Å². The predicted molar refractivity (Wildman–Crippen MR) is 59.2 cm³/mol. The molecule has 18 heavy (non-hydrogen) atoms. The van der Waals surface area contributed by atoms with Crippen molar-refractivity contribution in [2.45, 2.75) is 19.5 Å². The Morgan fingerprint density at radius 1 is 1.33 bits per heavy atom. The highest BCUT2D eigenvalue weighted by molar-refractivity contribution is 6.03. The first kappa shape index (κ1) is 14.3. The van der Waals surface area contributed by atoms with Crippen molar-refractivity contribution in [1.82, 2.24) is 0 Å². The molecule has 3 nitrogen and oxygen atoms in total. The summed E-state index contributed by atoms with van der Waals surface area (Å²) >= 11 is 0. The fourth-order valence-electron chi connectivity index (χ4n) is 1.36. The molecule has 0 aromatic heterocycles. The zero-order valence-electron chi connectivity index (χ0n) is 10.0. The first-order valence-corrected chi connectivity index (χ1v) is 5.33. The molecule has 6 heteroatoms. The average Bonchev–Trinajstić information content (AvgIpc) is 2.33. The van der Waals surface area contributed by atoms with E-state index < -0.39 is 17.5 Å². The Morgan fingerprint density at radius 2 is 2.00 bits per heavy atom. The van der Waals surface area contributed by atoms with Gasteiger partial charge in [-0.1, -0.05) is 13.0 Å². The van der Waals surface area contributed by atoms with Crippen LogP contribution in [0.5, 0.6) is 11.5 Å². The van der Waals surface area contributed by atoms with Crippen LogP contribution in [0.25, 0.3) is 0 Å². The number of hydrogen-bond donors (Lipinski definition) is 0. The van der Waals surface area contributed by atoms with E-state index in [1.807, 2.05) is 0 Å². The number of Topliss-reactive ketones (excluding diaryl/α,β-unsaturated/α-hetero) is 1. The topological polar surface area (TPSA) is 35.5 Å². The Morgan fingerprint density at radius 3 is 2.50 bits per heavy atom. The molecule has 0 unspecified atom stereocenters. The van der Waals surface area contributed by atoms with Gasteiger partial charge in [0.1, 0.15) is 0 Å². The average molecular weight is 262 g/mol. The molecule has 1 aromatic rings. The van der Waals surface area contributed by atoms with Crippen LogP contribution in [0, 0.1) is 0 Å². The number of ketones is 1. The number of para-hydroxylation sites is 1. The highest BCUT2D eigenvalue weighted by Gasteiger charge is 2.41. The monoisotopic (exact) mass is 262 g/mol. The van der Waals surface area contributed by atoms with Crippen molar-refractivity contribution in [2.75, 3.05) is 13.7 Å². The maximum Gasteiger partial charge on any atom is 0.455 e. The van der Waals surface area contributed by atoms with Gasteiger partial charge in [-0.15, -0.1) is 0 Å². The summed E-state index contributed by atoms with van der Waals surface area (Å²) < 4.78 is 47.4. The minimum absolute atomic E-state index is 0.110. The lowest BCUT2D eigenvalue weighted by atomic mass is 10.1. The zero-order chi connectivity index (χ0) is 13.8. The minimum atomic E-state index is -4.93. The van der Waals surface area contributed by atoms with E-state index in [0.29, 0.717) is 6.42 Å². The number of methoxy groups -OCH3 is 1. The number of halogens is 3. The molecule has 0 fully saturated rings. The summed E-state index contributed by atoms with van der Waals surface area (Å²) in [6.07, 6.45) is -4.33. The van der Waals surface area contributed by atoms with Crippen molar-refractivity contribution in [3.8, 4) is 11.5 Å². The second-order valence-corrected chi connectivity index (χ2v) is 3.51. The Labute approximate surface area is 103 Å². The molecule has 0 heterocycles. The molecule has 0 saturated heterocycles. The lowest BCUT2D eigenvalue weighted by Crippen LogP contribution is -2.23. The minimum Gasteiger partial charge on any atom is -0.493 e. The van der Waals surface area contributed by atoms with E-state index in [1.165, 1.54) is 19.2 Å². The number of rotatable bonds is 5. The highest BCUT2D eigenvalue weighted by Crippen LogP contribution is 2.35. The molecule has 0 aliphatic carbocycles. The van der Waals surface area contributed by atoms with Crippen molar-refractivity contribution in [3.05, 3.63) is 23.8 Å².